The second kappa shape index (κ2) is 7.79. The highest BCUT2D eigenvalue weighted by Crippen LogP contribution is 2.15. The van der Waals surface area contributed by atoms with E-state index in [9.17, 15) is 8.42 Å². The fourth-order valence-electron chi connectivity index (χ4n) is 2.13. The monoisotopic (exact) mass is 297 g/mol. The minimum atomic E-state index is -3.09. The van der Waals surface area contributed by atoms with Gasteiger partial charge in [-0.3, -0.25) is 0 Å². The summed E-state index contributed by atoms with van der Waals surface area (Å²) in [6.07, 6.45) is 2.06. The van der Waals surface area contributed by atoms with Crippen LogP contribution in [0, 0.1) is 5.92 Å². The number of benzene rings is 1. The summed E-state index contributed by atoms with van der Waals surface area (Å²) in [4.78, 5) is 0.423. The van der Waals surface area contributed by atoms with Gasteiger partial charge in [0.15, 0.2) is 9.84 Å². The van der Waals surface area contributed by atoms with Crippen LogP contribution in [0.1, 0.15) is 39.7 Å². The number of rotatable bonds is 8. The Balaban J connectivity index is 2.77. The zero-order valence-corrected chi connectivity index (χ0v) is 13.8. The smallest absolute Gasteiger partial charge is 0.178 e. The summed E-state index contributed by atoms with van der Waals surface area (Å²) >= 11 is 0. The molecule has 0 radical (unpaired) electrons. The van der Waals surface area contributed by atoms with Crippen molar-refractivity contribution in [1.29, 1.82) is 0 Å². The predicted octanol–water partition coefficient (Wildman–Crippen LogP) is 3.05. The molecule has 1 N–H and O–H groups in total. The van der Waals surface area contributed by atoms with Gasteiger partial charge in [0.25, 0.3) is 0 Å². The average Bonchev–Trinajstić information content (AvgIpc) is 2.43. The van der Waals surface area contributed by atoms with E-state index in [1.54, 1.807) is 19.1 Å². The molecule has 0 aliphatic carbocycles. The number of sulfone groups is 1. The summed E-state index contributed by atoms with van der Waals surface area (Å²) in [6, 6.07) is 7.76. The van der Waals surface area contributed by atoms with Gasteiger partial charge in [0, 0.05) is 6.04 Å². The molecule has 3 nitrogen and oxygen atoms in total. The largest absolute Gasteiger partial charge is 0.313 e. The normalized spacial score (nSPS) is 13.7. The lowest BCUT2D eigenvalue weighted by molar-refractivity contribution is 0.397. The van der Waals surface area contributed by atoms with Crippen LogP contribution in [-0.4, -0.2) is 26.8 Å². The van der Waals surface area contributed by atoms with Crippen LogP contribution in [0.4, 0.5) is 0 Å². The maximum atomic E-state index is 11.8. The first kappa shape index (κ1) is 17.2. The molecule has 20 heavy (non-hydrogen) atoms. The number of nitrogens with one attached hydrogen (secondary N) is 1. The highest BCUT2D eigenvalue weighted by molar-refractivity contribution is 7.91. The fourth-order valence-corrected chi connectivity index (χ4v) is 3.01. The van der Waals surface area contributed by atoms with E-state index in [2.05, 4.69) is 26.1 Å². The molecule has 4 heteroatoms. The molecule has 0 saturated heterocycles. The van der Waals surface area contributed by atoms with Crippen LogP contribution < -0.4 is 5.32 Å². The first-order valence-electron chi connectivity index (χ1n) is 7.45. The summed E-state index contributed by atoms with van der Waals surface area (Å²) in [5, 5.41) is 3.56. The van der Waals surface area contributed by atoms with Crippen molar-refractivity contribution in [3.8, 4) is 0 Å². The molecular weight excluding hydrogens is 270 g/mol. The third-order valence-electron chi connectivity index (χ3n) is 3.58. The molecule has 1 rings (SSSR count). The first-order valence-corrected chi connectivity index (χ1v) is 9.11. The summed E-state index contributed by atoms with van der Waals surface area (Å²) in [5.74, 6) is 0.708. The quantitative estimate of drug-likeness (QED) is 0.802. The van der Waals surface area contributed by atoms with Gasteiger partial charge in [0.05, 0.1) is 10.6 Å². The molecule has 0 fully saturated rings. The third kappa shape index (κ3) is 4.91. The lowest BCUT2D eigenvalue weighted by Crippen LogP contribution is -2.36. The van der Waals surface area contributed by atoms with Crippen molar-refractivity contribution in [3.05, 3.63) is 29.8 Å². The van der Waals surface area contributed by atoms with Gasteiger partial charge in [-0.25, -0.2) is 8.42 Å². The summed E-state index contributed by atoms with van der Waals surface area (Å²) < 4.78 is 23.5. The van der Waals surface area contributed by atoms with Crippen LogP contribution in [0.15, 0.2) is 29.2 Å². The Morgan fingerprint density at radius 3 is 2.15 bits per heavy atom. The fraction of sp³-hybridized carbons (Fsp3) is 0.625. The zero-order valence-electron chi connectivity index (χ0n) is 13.0. The second-order valence-corrected chi connectivity index (χ2v) is 7.83. The van der Waals surface area contributed by atoms with Gasteiger partial charge < -0.3 is 5.32 Å². The molecule has 0 aliphatic heterocycles. The SMILES string of the molecule is CCCNC(Cc1ccc(S(=O)(=O)CC)cc1)C(C)C. The molecule has 0 aromatic heterocycles. The summed E-state index contributed by atoms with van der Waals surface area (Å²) in [6.45, 7) is 9.28. The van der Waals surface area contributed by atoms with E-state index in [1.807, 2.05) is 12.1 Å². The molecule has 114 valence electrons. The molecule has 0 amide bonds. The van der Waals surface area contributed by atoms with Crippen LogP contribution in [0.5, 0.6) is 0 Å². The molecule has 0 aliphatic rings. The Bertz CT molecular complexity index is 492. The summed E-state index contributed by atoms with van der Waals surface area (Å²) in [5.41, 5.74) is 1.18. The topological polar surface area (TPSA) is 46.2 Å². The highest BCUT2D eigenvalue weighted by atomic mass is 32.2. The van der Waals surface area contributed by atoms with Crippen molar-refractivity contribution >= 4 is 9.84 Å². The maximum absolute atomic E-state index is 11.8. The van der Waals surface area contributed by atoms with Crippen molar-refractivity contribution in [2.45, 2.75) is 51.5 Å². The van der Waals surface area contributed by atoms with Crippen molar-refractivity contribution in [2.24, 2.45) is 5.92 Å². The van der Waals surface area contributed by atoms with Crippen molar-refractivity contribution in [3.63, 3.8) is 0 Å². The van der Waals surface area contributed by atoms with Gasteiger partial charge in [-0.1, -0.05) is 39.8 Å². The third-order valence-corrected chi connectivity index (χ3v) is 5.33. The van der Waals surface area contributed by atoms with Crippen LogP contribution in [-0.2, 0) is 16.3 Å². The Morgan fingerprint density at radius 2 is 1.70 bits per heavy atom. The van der Waals surface area contributed by atoms with Crippen LogP contribution >= 0.6 is 0 Å². The van der Waals surface area contributed by atoms with Crippen LogP contribution in [0.3, 0.4) is 0 Å². The standard InChI is InChI=1S/C16H27NO2S/c1-5-11-17-16(13(3)4)12-14-7-9-15(10-8-14)20(18,19)6-2/h7-10,13,16-17H,5-6,11-12H2,1-4H3. The Hall–Kier alpha value is -0.870. The second-order valence-electron chi connectivity index (χ2n) is 5.56. The molecule has 1 aromatic rings. The molecule has 1 unspecified atom stereocenters. The van der Waals surface area contributed by atoms with Gasteiger partial charge in [0.2, 0.25) is 0 Å². The maximum Gasteiger partial charge on any atom is 0.178 e. The molecule has 1 atom stereocenters. The van der Waals surface area contributed by atoms with Gasteiger partial charge in [-0.15, -0.1) is 0 Å². The summed E-state index contributed by atoms with van der Waals surface area (Å²) in [7, 11) is -3.09. The van der Waals surface area contributed by atoms with Crippen molar-refractivity contribution in [1.82, 2.24) is 5.32 Å². The van der Waals surface area contributed by atoms with Gasteiger partial charge in [-0.2, -0.15) is 0 Å². The van der Waals surface area contributed by atoms with E-state index in [-0.39, 0.29) is 5.75 Å². The van der Waals surface area contributed by atoms with Crippen molar-refractivity contribution in [2.75, 3.05) is 12.3 Å². The highest BCUT2D eigenvalue weighted by Gasteiger charge is 2.14. The zero-order chi connectivity index (χ0) is 15.2. The predicted molar refractivity (Wildman–Crippen MR) is 84.8 cm³/mol. The minimum absolute atomic E-state index is 0.152. The Labute approximate surface area is 123 Å². The van der Waals surface area contributed by atoms with Gasteiger partial charge in [0.1, 0.15) is 0 Å². The number of hydrogen-bond acceptors (Lipinski definition) is 3. The van der Waals surface area contributed by atoms with E-state index >= 15 is 0 Å². The lowest BCUT2D eigenvalue weighted by Gasteiger charge is -2.22. The van der Waals surface area contributed by atoms with Gasteiger partial charge in [-0.05, 0) is 43.0 Å². The number of hydrogen-bond donors (Lipinski definition) is 1. The molecule has 0 spiro atoms. The van der Waals surface area contributed by atoms with Gasteiger partial charge >= 0.3 is 0 Å². The minimum Gasteiger partial charge on any atom is -0.313 e. The average molecular weight is 297 g/mol. The van der Waals surface area contributed by atoms with E-state index in [0.717, 1.165) is 19.4 Å². The molecule has 0 heterocycles. The Morgan fingerprint density at radius 1 is 1.10 bits per heavy atom. The van der Waals surface area contributed by atoms with Crippen molar-refractivity contribution < 1.29 is 8.42 Å². The molecular formula is C16H27NO2S. The van der Waals surface area contributed by atoms with E-state index in [1.165, 1.54) is 5.56 Å². The molecule has 0 saturated carbocycles. The van der Waals surface area contributed by atoms with E-state index in [4.69, 9.17) is 0 Å². The molecule has 0 bridgehead atoms. The molecule has 1 aromatic carbocycles. The Kier molecular flexibility index (Phi) is 6.69. The van der Waals surface area contributed by atoms with Crippen LogP contribution in [0.2, 0.25) is 0 Å². The van der Waals surface area contributed by atoms with Crippen LogP contribution in [0.25, 0.3) is 0 Å². The lowest BCUT2D eigenvalue weighted by atomic mass is 9.96. The first-order chi connectivity index (χ1) is 9.40. The van der Waals surface area contributed by atoms with E-state index < -0.39 is 9.84 Å². The van der Waals surface area contributed by atoms with E-state index in [0.29, 0.717) is 16.9 Å².